The summed E-state index contributed by atoms with van der Waals surface area (Å²) in [6.07, 6.45) is 3.67. The maximum absolute atomic E-state index is 12.6. The number of aryl methyl sites for hydroxylation is 1. The van der Waals surface area contributed by atoms with E-state index in [0.29, 0.717) is 36.9 Å². The summed E-state index contributed by atoms with van der Waals surface area (Å²) in [6, 6.07) is 11.1. The maximum atomic E-state index is 12.6. The van der Waals surface area contributed by atoms with E-state index in [1.165, 1.54) is 19.3 Å². The molecule has 0 unspecified atom stereocenters. The van der Waals surface area contributed by atoms with Crippen molar-refractivity contribution in [3.8, 4) is 0 Å². The fraction of sp³-hybridized carbons (Fsp3) is 0.476. The molecule has 6 heteroatoms. The first-order valence-corrected chi connectivity index (χ1v) is 9.74. The van der Waals surface area contributed by atoms with Gasteiger partial charge in [-0.25, -0.2) is 9.97 Å². The monoisotopic (exact) mass is 366 g/mol. The maximum Gasteiger partial charge on any atom is 0.253 e. The molecule has 2 fully saturated rings. The lowest BCUT2D eigenvalue weighted by Crippen LogP contribution is -2.51. The number of likely N-dealkylation sites (tertiary alicyclic amines) is 1. The molecule has 2 aromatic rings. The van der Waals surface area contributed by atoms with Crippen molar-refractivity contribution in [2.75, 3.05) is 18.4 Å². The van der Waals surface area contributed by atoms with Gasteiger partial charge in [0.1, 0.15) is 0 Å². The Hall–Kier alpha value is -2.47. The van der Waals surface area contributed by atoms with Crippen molar-refractivity contribution in [3.63, 3.8) is 0 Å². The molecule has 2 N–H and O–H groups in total. The number of anilines is 1. The van der Waals surface area contributed by atoms with Gasteiger partial charge in [0.15, 0.2) is 0 Å². The largest absolute Gasteiger partial charge is 0.389 e. The average Bonchev–Trinajstić information content (AvgIpc) is 2.62. The van der Waals surface area contributed by atoms with Gasteiger partial charge in [0.05, 0.1) is 12.1 Å². The Kier molecular flexibility index (Phi) is 5.07. The number of hydrogen-bond acceptors (Lipinski definition) is 5. The van der Waals surface area contributed by atoms with Gasteiger partial charge < -0.3 is 15.3 Å². The number of aromatic nitrogens is 2. The van der Waals surface area contributed by atoms with Crippen molar-refractivity contribution >= 4 is 11.9 Å². The third-order valence-electron chi connectivity index (χ3n) is 5.60. The van der Waals surface area contributed by atoms with Gasteiger partial charge in [-0.2, -0.15) is 0 Å². The SMILES string of the molecule is Cc1cc(C2CCC2)nc(N[C@@H]2CCN(C(=O)c3ccccc3)C[C@H]2O)n1. The zero-order valence-electron chi connectivity index (χ0n) is 15.6. The van der Waals surface area contributed by atoms with Crippen LogP contribution in [0.2, 0.25) is 0 Å². The quantitative estimate of drug-likeness (QED) is 0.870. The van der Waals surface area contributed by atoms with Crippen LogP contribution in [0.3, 0.4) is 0 Å². The number of carbonyl (C=O) groups is 1. The molecule has 4 rings (SSSR count). The van der Waals surface area contributed by atoms with Crippen LogP contribution in [0, 0.1) is 6.92 Å². The van der Waals surface area contributed by atoms with Crippen LogP contribution < -0.4 is 5.32 Å². The highest BCUT2D eigenvalue weighted by Crippen LogP contribution is 2.35. The summed E-state index contributed by atoms with van der Waals surface area (Å²) in [5.41, 5.74) is 2.70. The minimum Gasteiger partial charge on any atom is -0.389 e. The van der Waals surface area contributed by atoms with Crippen molar-refractivity contribution in [2.24, 2.45) is 0 Å². The van der Waals surface area contributed by atoms with E-state index in [0.717, 1.165) is 11.4 Å². The van der Waals surface area contributed by atoms with E-state index in [2.05, 4.69) is 21.4 Å². The summed E-state index contributed by atoms with van der Waals surface area (Å²) in [5, 5.41) is 13.9. The molecule has 1 saturated carbocycles. The van der Waals surface area contributed by atoms with Gasteiger partial charge in [0.25, 0.3) is 5.91 Å². The summed E-state index contributed by atoms with van der Waals surface area (Å²) in [5.74, 6) is 1.10. The Morgan fingerprint density at radius 3 is 2.63 bits per heavy atom. The van der Waals surface area contributed by atoms with Gasteiger partial charge in [-0.1, -0.05) is 24.6 Å². The molecular weight excluding hydrogens is 340 g/mol. The minimum absolute atomic E-state index is 0.0350. The lowest BCUT2D eigenvalue weighted by Gasteiger charge is -2.36. The number of benzene rings is 1. The standard InChI is InChI=1S/C21H26N4O2/c1-14-12-18(15-8-5-9-15)24-21(22-14)23-17-10-11-25(13-19(17)26)20(27)16-6-3-2-4-7-16/h2-4,6-7,12,15,17,19,26H,5,8-11,13H2,1H3,(H,22,23,24)/t17-,19-/m1/s1. The Bertz CT molecular complexity index is 807. The van der Waals surface area contributed by atoms with Crippen LogP contribution in [-0.4, -0.2) is 51.1 Å². The Morgan fingerprint density at radius 2 is 1.96 bits per heavy atom. The molecule has 1 aliphatic carbocycles. The third-order valence-corrected chi connectivity index (χ3v) is 5.60. The molecule has 27 heavy (non-hydrogen) atoms. The number of aliphatic hydroxyl groups excluding tert-OH is 1. The summed E-state index contributed by atoms with van der Waals surface area (Å²) >= 11 is 0. The molecule has 2 aliphatic rings. The Morgan fingerprint density at radius 1 is 1.19 bits per heavy atom. The van der Waals surface area contributed by atoms with Gasteiger partial charge in [0, 0.05) is 36.0 Å². The number of rotatable bonds is 4. The van der Waals surface area contributed by atoms with E-state index < -0.39 is 6.10 Å². The van der Waals surface area contributed by atoms with Crippen molar-refractivity contribution in [2.45, 2.75) is 50.7 Å². The summed E-state index contributed by atoms with van der Waals surface area (Å²) in [4.78, 5) is 23.5. The zero-order valence-corrected chi connectivity index (χ0v) is 15.6. The first-order chi connectivity index (χ1) is 13.1. The molecule has 2 heterocycles. The van der Waals surface area contributed by atoms with Gasteiger partial charge in [-0.3, -0.25) is 4.79 Å². The Balaban J connectivity index is 1.40. The van der Waals surface area contributed by atoms with Crippen LogP contribution in [0.1, 0.15) is 53.3 Å². The molecule has 2 atom stereocenters. The highest BCUT2D eigenvalue weighted by atomic mass is 16.3. The number of carbonyl (C=O) groups excluding carboxylic acids is 1. The van der Waals surface area contributed by atoms with Gasteiger partial charge >= 0.3 is 0 Å². The van der Waals surface area contributed by atoms with Crippen molar-refractivity contribution in [3.05, 3.63) is 53.3 Å². The van der Waals surface area contributed by atoms with Gasteiger partial charge in [-0.05, 0) is 44.4 Å². The van der Waals surface area contributed by atoms with E-state index in [4.69, 9.17) is 0 Å². The predicted octanol–water partition coefficient (Wildman–Crippen LogP) is 2.74. The second-order valence-corrected chi connectivity index (χ2v) is 7.61. The number of β-amino-alcohol motifs (C(OH)–C–C–N with tert-alkyl or cyclic N) is 1. The summed E-state index contributed by atoms with van der Waals surface area (Å²) in [6.45, 7) is 2.89. The number of amides is 1. The van der Waals surface area contributed by atoms with Crippen molar-refractivity contribution in [1.82, 2.24) is 14.9 Å². The molecule has 1 aromatic carbocycles. The fourth-order valence-corrected chi connectivity index (χ4v) is 3.78. The number of nitrogens with zero attached hydrogens (tertiary/aromatic N) is 3. The molecule has 1 aliphatic heterocycles. The van der Waals surface area contributed by atoms with E-state index in [-0.39, 0.29) is 11.9 Å². The first-order valence-electron chi connectivity index (χ1n) is 9.74. The first kappa shape index (κ1) is 17.9. The van der Waals surface area contributed by atoms with Gasteiger partial charge in [0.2, 0.25) is 5.95 Å². The van der Waals surface area contributed by atoms with Crippen LogP contribution in [0.25, 0.3) is 0 Å². The lowest BCUT2D eigenvalue weighted by molar-refractivity contribution is 0.0425. The molecule has 6 nitrogen and oxygen atoms in total. The second kappa shape index (κ2) is 7.64. The van der Waals surface area contributed by atoms with Crippen LogP contribution >= 0.6 is 0 Å². The summed E-state index contributed by atoms with van der Waals surface area (Å²) < 4.78 is 0. The lowest BCUT2D eigenvalue weighted by atomic mass is 9.83. The predicted molar refractivity (Wildman–Crippen MR) is 104 cm³/mol. The van der Waals surface area contributed by atoms with E-state index in [1.54, 1.807) is 4.90 Å². The molecular formula is C21H26N4O2. The topological polar surface area (TPSA) is 78.4 Å². The van der Waals surface area contributed by atoms with Crippen LogP contribution in [-0.2, 0) is 0 Å². The molecule has 0 spiro atoms. The molecule has 1 aromatic heterocycles. The van der Waals surface area contributed by atoms with E-state index >= 15 is 0 Å². The molecule has 1 saturated heterocycles. The van der Waals surface area contributed by atoms with Crippen molar-refractivity contribution in [1.29, 1.82) is 0 Å². The number of piperidine rings is 1. The van der Waals surface area contributed by atoms with Gasteiger partial charge in [-0.15, -0.1) is 0 Å². The zero-order chi connectivity index (χ0) is 18.8. The smallest absolute Gasteiger partial charge is 0.253 e. The molecule has 1 amide bonds. The third kappa shape index (κ3) is 3.95. The minimum atomic E-state index is -0.650. The van der Waals surface area contributed by atoms with Crippen LogP contribution in [0.5, 0.6) is 0 Å². The molecule has 0 radical (unpaired) electrons. The number of aliphatic hydroxyl groups is 1. The second-order valence-electron chi connectivity index (χ2n) is 7.61. The summed E-state index contributed by atoms with van der Waals surface area (Å²) in [7, 11) is 0. The van der Waals surface area contributed by atoms with E-state index in [9.17, 15) is 9.90 Å². The highest BCUT2D eigenvalue weighted by molar-refractivity contribution is 5.94. The normalized spacial score (nSPS) is 23.0. The Labute approximate surface area is 159 Å². The number of hydrogen-bond donors (Lipinski definition) is 2. The average molecular weight is 366 g/mol. The van der Waals surface area contributed by atoms with Crippen LogP contribution in [0.15, 0.2) is 36.4 Å². The highest BCUT2D eigenvalue weighted by Gasteiger charge is 2.31. The molecule has 0 bridgehead atoms. The number of nitrogens with one attached hydrogen (secondary N) is 1. The van der Waals surface area contributed by atoms with Crippen LogP contribution in [0.4, 0.5) is 5.95 Å². The molecule has 142 valence electrons. The van der Waals surface area contributed by atoms with E-state index in [1.807, 2.05) is 37.3 Å². The fourth-order valence-electron chi connectivity index (χ4n) is 3.78. The van der Waals surface area contributed by atoms with Crippen molar-refractivity contribution < 1.29 is 9.90 Å².